The van der Waals surface area contributed by atoms with Crippen LogP contribution in [0.5, 0.6) is 0 Å². The van der Waals surface area contributed by atoms with Crippen LogP contribution in [0.25, 0.3) is 0 Å². The van der Waals surface area contributed by atoms with Crippen molar-refractivity contribution in [3.8, 4) is 0 Å². The van der Waals surface area contributed by atoms with E-state index >= 15 is 0 Å². The van der Waals surface area contributed by atoms with Crippen molar-refractivity contribution < 1.29 is 4.74 Å². The average Bonchev–Trinajstić information content (AvgIpc) is 2.31. The first kappa shape index (κ1) is 14.2. The summed E-state index contributed by atoms with van der Waals surface area (Å²) in [7, 11) is 0. The van der Waals surface area contributed by atoms with E-state index in [1.54, 1.807) is 0 Å². The fourth-order valence-electron chi connectivity index (χ4n) is 2.20. The Kier molecular flexibility index (Phi) is 5.66. The molecule has 96 valence electrons. The lowest BCUT2D eigenvalue weighted by Gasteiger charge is -2.25. The van der Waals surface area contributed by atoms with Crippen molar-refractivity contribution in [1.29, 1.82) is 0 Å². The van der Waals surface area contributed by atoms with Crippen molar-refractivity contribution in [2.24, 2.45) is 5.73 Å². The minimum absolute atomic E-state index is 0.0187. The number of hydrogen-bond acceptors (Lipinski definition) is 2. The van der Waals surface area contributed by atoms with Gasteiger partial charge in [-0.1, -0.05) is 31.5 Å². The van der Waals surface area contributed by atoms with Crippen LogP contribution in [0.3, 0.4) is 0 Å². The predicted octanol–water partition coefficient (Wildman–Crippen LogP) is 3.51. The SMILES string of the molecule is CCCC(OCC)C(N)c1cccc(C)c1C. The number of ether oxygens (including phenoxy) is 1. The highest BCUT2D eigenvalue weighted by molar-refractivity contribution is 5.35. The molecule has 1 rings (SSSR count). The summed E-state index contributed by atoms with van der Waals surface area (Å²) in [5, 5.41) is 0. The topological polar surface area (TPSA) is 35.2 Å². The Balaban J connectivity index is 2.92. The molecule has 0 amide bonds. The van der Waals surface area contributed by atoms with Crippen LogP contribution in [0.4, 0.5) is 0 Å². The Morgan fingerprint density at radius 3 is 2.53 bits per heavy atom. The first-order valence-corrected chi connectivity index (χ1v) is 6.55. The van der Waals surface area contributed by atoms with Crippen molar-refractivity contribution in [2.45, 2.75) is 52.7 Å². The zero-order valence-electron chi connectivity index (χ0n) is 11.5. The van der Waals surface area contributed by atoms with Crippen LogP contribution in [0.15, 0.2) is 18.2 Å². The Hall–Kier alpha value is -0.860. The standard InChI is InChI=1S/C15H25NO/c1-5-8-14(17-6-2)15(16)13-10-7-9-11(3)12(13)4/h7,9-10,14-15H,5-6,8,16H2,1-4H3. The lowest BCUT2D eigenvalue weighted by atomic mass is 9.93. The van der Waals surface area contributed by atoms with Crippen molar-refractivity contribution in [3.63, 3.8) is 0 Å². The van der Waals surface area contributed by atoms with E-state index in [4.69, 9.17) is 10.5 Å². The molecule has 17 heavy (non-hydrogen) atoms. The quantitative estimate of drug-likeness (QED) is 0.819. The van der Waals surface area contributed by atoms with Gasteiger partial charge >= 0.3 is 0 Å². The molecular formula is C15H25NO. The molecule has 2 atom stereocenters. The van der Waals surface area contributed by atoms with Gasteiger partial charge in [0.25, 0.3) is 0 Å². The molecule has 0 radical (unpaired) electrons. The van der Waals surface area contributed by atoms with E-state index < -0.39 is 0 Å². The van der Waals surface area contributed by atoms with Gasteiger partial charge in [-0.2, -0.15) is 0 Å². The lowest BCUT2D eigenvalue weighted by molar-refractivity contribution is 0.0373. The molecule has 0 heterocycles. The van der Waals surface area contributed by atoms with E-state index in [2.05, 4.69) is 39.0 Å². The molecular weight excluding hydrogens is 210 g/mol. The van der Waals surface area contributed by atoms with Crippen molar-refractivity contribution in [3.05, 3.63) is 34.9 Å². The zero-order valence-corrected chi connectivity index (χ0v) is 11.5. The zero-order chi connectivity index (χ0) is 12.8. The summed E-state index contributed by atoms with van der Waals surface area (Å²) in [6.45, 7) is 9.18. The van der Waals surface area contributed by atoms with E-state index in [1.807, 2.05) is 6.92 Å². The molecule has 2 N–H and O–H groups in total. The van der Waals surface area contributed by atoms with E-state index in [1.165, 1.54) is 16.7 Å². The second kappa shape index (κ2) is 6.77. The van der Waals surface area contributed by atoms with Gasteiger partial charge in [0.05, 0.1) is 12.1 Å². The number of hydrogen-bond donors (Lipinski definition) is 1. The van der Waals surface area contributed by atoms with Gasteiger partial charge in [-0.15, -0.1) is 0 Å². The fourth-order valence-corrected chi connectivity index (χ4v) is 2.20. The third-order valence-corrected chi connectivity index (χ3v) is 3.36. The van der Waals surface area contributed by atoms with Crippen LogP contribution in [-0.2, 0) is 4.74 Å². The van der Waals surface area contributed by atoms with Crippen LogP contribution in [0, 0.1) is 13.8 Å². The first-order chi connectivity index (χ1) is 8.11. The largest absolute Gasteiger partial charge is 0.377 e. The highest BCUT2D eigenvalue weighted by atomic mass is 16.5. The minimum atomic E-state index is -0.0187. The van der Waals surface area contributed by atoms with Gasteiger partial charge in [0.2, 0.25) is 0 Å². The van der Waals surface area contributed by atoms with Crippen molar-refractivity contribution in [2.75, 3.05) is 6.61 Å². The van der Waals surface area contributed by atoms with Crippen LogP contribution < -0.4 is 5.73 Å². The molecule has 2 unspecified atom stereocenters. The van der Waals surface area contributed by atoms with Gasteiger partial charge in [0, 0.05) is 6.61 Å². The number of nitrogens with two attached hydrogens (primary N) is 1. The molecule has 0 spiro atoms. The predicted molar refractivity (Wildman–Crippen MR) is 73.2 cm³/mol. The molecule has 0 saturated carbocycles. The van der Waals surface area contributed by atoms with Gasteiger partial charge in [-0.05, 0) is 43.9 Å². The molecule has 2 heteroatoms. The van der Waals surface area contributed by atoms with Gasteiger partial charge < -0.3 is 10.5 Å². The second-order valence-electron chi connectivity index (χ2n) is 4.60. The highest BCUT2D eigenvalue weighted by Gasteiger charge is 2.20. The highest BCUT2D eigenvalue weighted by Crippen LogP contribution is 2.25. The maximum atomic E-state index is 6.36. The normalized spacial score (nSPS) is 14.6. The Bertz CT molecular complexity index is 343. The molecule has 0 aromatic heterocycles. The molecule has 0 fully saturated rings. The van der Waals surface area contributed by atoms with Gasteiger partial charge in [0.1, 0.15) is 0 Å². The number of rotatable bonds is 6. The smallest absolute Gasteiger partial charge is 0.0767 e. The summed E-state index contributed by atoms with van der Waals surface area (Å²) in [5.74, 6) is 0. The molecule has 2 nitrogen and oxygen atoms in total. The summed E-state index contributed by atoms with van der Waals surface area (Å²) in [6.07, 6.45) is 2.25. The molecule has 0 aliphatic carbocycles. The molecule has 1 aromatic rings. The molecule has 0 bridgehead atoms. The number of aryl methyl sites for hydroxylation is 1. The molecule has 0 aliphatic heterocycles. The lowest BCUT2D eigenvalue weighted by Crippen LogP contribution is -2.29. The van der Waals surface area contributed by atoms with Crippen molar-refractivity contribution in [1.82, 2.24) is 0 Å². The average molecular weight is 235 g/mol. The van der Waals surface area contributed by atoms with Gasteiger partial charge in [-0.3, -0.25) is 0 Å². The van der Waals surface area contributed by atoms with E-state index in [0.717, 1.165) is 19.4 Å². The Labute approximate surface area is 105 Å². The third kappa shape index (κ3) is 3.55. The van der Waals surface area contributed by atoms with Crippen LogP contribution in [-0.4, -0.2) is 12.7 Å². The molecule has 1 aromatic carbocycles. The number of benzene rings is 1. The van der Waals surface area contributed by atoms with E-state index in [0.29, 0.717) is 0 Å². The van der Waals surface area contributed by atoms with E-state index in [-0.39, 0.29) is 12.1 Å². The monoisotopic (exact) mass is 235 g/mol. The molecule has 0 saturated heterocycles. The van der Waals surface area contributed by atoms with Crippen LogP contribution in [0.1, 0.15) is 49.4 Å². The summed E-state index contributed by atoms with van der Waals surface area (Å²) in [6, 6.07) is 6.30. The maximum Gasteiger partial charge on any atom is 0.0767 e. The molecule has 0 aliphatic rings. The summed E-state index contributed by atoms with van der Waals surface area (Å²) >= 11 is 0. The summed E-state index contributed by atoms with van der Waals surface area (Å²) < 4.78 is 5.77. The first-order valence-electron chi connectivity index (χ1n) is 6.55. The maximum absolute atomic E-state index is 6.36. The van der Waals surface area contributed by atoms with Crippen LogP contribution in [0.2, 0.25) is 0 Å². The fraction of sp³-hybridized carbons (Fsp3) is 0.600. The van der Waals surface area contributed by atoms with E-state index in [9.17, 15) is 0 Å². The Morgan fingerprint density at radius 1 is 1.24 bits per heavy atom. The summed E-state index contributed by atoms with van der Waals surface area (Å²) in [5.41, 5.74) is 10.2. The Morgan fingerprint density at radius 2 is 1.94 bits per heavy atom. The van der Waals surface area contributed by atoms with Crippen LogP contribution >= 0.6 is 0 Å². The van der Waals surface area contributed by atoms with Gasteiger partial charge in [0.15, 0.2) is 0 Å². The van der Waals surface area contributed by atoms with Crippen molar-refractivity contribution >= 4 is 0 Å². The third-order valence-electron chi connectivity index (χ3n) is 3.36. The second-order valence-corrected chi connectivity index (χ2v) is 4.60. The summed E-state index contributed by atoms with van der Waals surface area (Å²) in [4.78, 5) is 0. The van der Waals surface area contributed by atoms with Gasteiger partial charge in [-0.25, -0.2) is 0 Å². The minimum Gasteiger partial charge on any atom is -0.377 e.